The summed E-state index contributed by atoms with van der Waals surface area (Å²) in [7, 11) is 0. The van der Waals surface area contributed by atoms with Gasteiger partial charge in [0.05, 0.1) is 6.61 Å². The van der Waals surface area contributed by atoms with Crippen LogP contribution in [0.3, 0.4) is 0 Å². The largest absolute Gasteiger partial charge is 0.466 e. The van der Waals surface area contributed by atoms with Crippen LogP contribution in [0, 0.1) is 6.92 Å². The highest BCUT2D eigenvalue weighted by Crippen LogP contribution is 2.33. The van der Waals surface area contributed by atoms with Crippen molar-refractivity contribution in [1.29, 1.82) is 0 Å². The van der Waals surface area contributed by atoms with Gasteiger partial charge < -0.3 is 4.74 Å². The van der Waals surface area contributed by atoms with Gasteiger partial charge >= 0.3 is 5.97 Å². The van der Waals surface area contributed by atoms with Gasteiger partial charge in [0, 0.05) is 6.42 Å². The van der Waals surface area contributed by atoms with E-state index in [1.165, 1.54) is 45.5 Å². The Morgan fingerprint density at radius 1 is 0.833 bits per heavy atom. The fraction of sp³-hybridized carbons (Fsp3) is 0.464. The minimum Gasteiger partial charge on any atom is -0.466 e. The molecule has 3 aromatic rings. The Bertz CT molecular complexity index is 1000. The molecular formula is C28H36O2. The van der Waals surface area contributed by atoms with E-state index >= 15 is 0 Å². The van der Waals surface area contributed by atoms with Gasteiger partial charge in [-0.25, -0.2) is 0 Å². The maximum Gasteiger partial charge on any atom is 0.305 e. The quantitative estimate of drug-likeness (QED) is 0.195. The minimum atomic E-state index is -0.0532. The second-order valence-electron chi connectivity index (χ2n) is 9.28. The van der Waals surface area contributed by atoms with Gasteiger partial charge in [-0.1, -0.05) is 82.0 Å². The molecule has 0 saturated carbocycles. The number of hydrogen-bond acceptors (Lipinski definition) is 2. The molecule has 0 radical (unpaired) electrons. The summed E-state index contributed by atoms with van der Waals surface area (Å²) in [6.45, 7) is 9.44. The number of hydrogen-bond donors (Lipinski definition) is 0. The molecule has 0 aliphatic carbocycles. The third-order valence-corrected chi connectivity index (χ3v) is 6.18. The van der Waals surface area contributed by atoms with Crippen LogP contribution in [-0.2, 0) is 14.9 Å². The van der Waals surface area contributed by atoms with Crippen LogP contribution in [0.4, 0.5) is 0 Å². The van der Waals surface area contributed by atoms with Gasteiger partial charge in [0.2, 0.25) is 0 Å². The number of unbranched alkanes of at least 4 members (excludes halogenated alkanes) is 3. The highest BCUT2D eigenvalue weighted by Gasteiger charge is 2.21. The van der Waals surface area contributed by atoms with Gasteiger partial charge in [-0.15, -0.1) is 0 Å². The van der Waals surface area contributed by atoms with Gasteiger partial charge in [-0.05, 0) is 70.8 Å². The van der Waals surface area contributed by atoms with E-state index in [4.69, 9.17) is 4.74 Å². The molecule has 0 amide bonds. The molecule has 0 heterocycles. The van der Waals surface area contributed by atoms with Crippen molar-refractivity contribution in [1.82, 2.24) is 0 Å². The van der Waals surface area contributed by atoms with E-state index < -0.39 is 0 Å². The fourth-order valence-corrected chi connectivity index (χ4v) is 4.14. The van der Waals surface area contributed by atoms with E-state index in [9.17, 15) is 4.79 Å². The molecule has 0 N–H and O–H groups in total. The highest BCUT2D eigenvalue weighted by molar-refractivity contribution is 5.98. The molecule has 160 valence electrons. The Morgan fingerprint density at radius 3 is 2.27 bits per heavy atom. The Hall–Kier alpha value is -2.35. The highest BCUT2D eigenvalue weighted by atomic mass is 16.5. The first-order valence-electron chi connectivity index (χ1n) is 11.5. The van der Waals surface area contributed by atoms with Gasteiger partial charge in [0.15, 0.2) is 0 Å². The average molecular weight is 405 g/mol. The van der Waals surface area contributed by atoms with Crippen LogP contribution in [0.15, 0.2) is 48.5 Å². The van der Waals surface area contributed by atoms with Crippen LogP contribution in [-0.4, -0.2) is 12.6 Å². The number of esters is 1. The Labute approximate surface area is 181 Å². The number of carbonyl (C=O) groups excluding carboxylic acids is 1. The number of rotatable bonds is 10. The van der Waals surface area contributed by atoms with Crippen LogP contribution in [0.2, 0.25) is 0 Å². The van der Waals surface area contributed by atoms with Crippen LogP contribution < -0.4 is 0 Å². The standard InChI is InChI=1S/C28H36O2/c1-5-6-7-8-16-30-27(29)10-9-15-28(3,4)26-14-13-23-18-24-17-21(2)11-12-22(24)19-25(23)20-26/h11-14,17-20H,5-10,15-16H2,1-4H3. The molecule has 0 aliphatic heterocycles. The summed E-state index contributed by atoms with van der Waals surface area (Å²) in [5, 5.41) is 5.13. The molecule has 3 rings (SSSR count). The Morgan fingerprint density at radius 2 is 1.53 bits per heavy atom. The molecule has 0 spiro atoms. The normalized spacial score (nSPS) is 11.9. The summed E-state index contributed by atoms with van der Waals surface area (Å²) in [4.78, 5) is 12.0. The summed E-state index contributed by atoms with van der Waals surface area (Å²) < 4.78 is 5.38. The first-order valence-corrected chi connectivity index (χ1v) is 11.5. The number of aryl methyl sites for hydroxylation is 1. The first kappa shape index (κ1) is 22.3. The SMILES string of the molecule is CCCCCCOC(=O)CCCC(C)(C)c1ccc2cc3cc(C)ccc3cc2c1. The molecule has 0 aromatic heterocycles. The molecule has 0 aliphatic rings. The van der Waals surface area contributed by atoms with E-state index in [2.05, 4.69) is 76.2 Å². The number of benzene rings is 3. The lowest BCUT2D eigenvalue weighted by Crippen LogP contribution is -2.18. The number of fused-ring (bicyclic) bond motifs is 2. The van der Waals surface area contributed by atoms with Gasteiger partial charge in [0.25, 0.3) is 0 Å². The molecule has 0 saturated heterocycles. The molecule has 0 bridgehead atoms. The minimum absolute atomic E-state index is 0.0256. The maximum absolute atomic E-state index is 12.0. The molecule has 3 aromatic carbocycles. The maximum atomic E-state index is 12.0. The second-order valence-corrected chi connectivity index (χ2v) is 9.28. The molecule has 2 heteroatoms. The summed E-state index contributed by atoms with van der Waals surface area (Å²) in [5.74, 6) is -0.0532. The van der Waals surface area contributed by atoms with E-state index in [0.29, 0.717) is 13.0 Å². The van der Waals surface area contributed by atoms with Gasteiger partial charge in [-0.3, -0.25) is 4.79 Å². The van der Waals surface area contributed by atoms with Crippen molar-refractivity contribution in [3.05, 3.63) is 59.7 Å². The lowest BCUT2D eigenvalue weighted by Gasteiger charge is -2.25. The van der Waals surface area contributed by atoms with Gasteiger partial charge in [-0.2, -0.15) is 0 Å². The van der Waals surface area contributed by atoms with E-state index in [0.717, 1.165) is 25.7 Å². The number of carbonyl (C=O) groups is 1. The lowest BCUT2D eigenvalue weighted by atomic mass is 9.79. The third kappa shape index (κ3) is 5.84. The van der Waals surface area contributed by atoms with Crippen LogP contribution in [0.25, 0.3) is 21.5 Å². The smallest absolute Gasteiger partial charge is 0.305 e. The van der Waals surface area contributed by atoms with Crippen LogP contribution >= 0.6 is 0 Å². The summed E-state index contributed by atoms with van der Waals surface area (Å²) in [5.41, 5.74) is 2.64. The molecule has 2 nitrogen and oxygen atoms in total. The van der Waals surface area contributed by atoms with Crippen molar-refractivity contribution in [2.24, 2.45) is 0 Å². The van der Waals surface area contributed by atoms with Crippen LogP contribution in [0.1, 0.15) is 76.8 Å². The summed E-state index contributed by atoms with van der Waals surface area (Å²) in [6, 6.07) is 18.0. The lowest BCUT2D eigenvalue weighted by molar-refractivity contribution is -0.143. The number of ether oxygens (including phenoxy) is 1. The van der Waals surface area contributed by atoms with Crippen molar-refractivity contribution in [3.8, 4) is 0 Å². The predicted octanol–water partition coefficient (Wildman–Crippen LogP) is 7.87. The Kier molecular flexibility index (Phi) is 7.53. The van der Waals surface area contributed by atoms with E-state index in [1.54, 1.807) is 0 Å². The van der Waals surface area contributed by atoms with Crippen molar-refractivity contribution in [2.45, 2.75) is 78.1 Å². The molecule has 0 unspecified atom stereocenters. The summed E-state index contributed by atoms with van der Waals surface area (Å²) >= 11 is 0. The third-order valence-electron chi connectivity index (χ3n) is 6.18. The topological polar surface area (TPSA) is 26.3 Å². The molecule has 0 atom stereocenters. The molecule has 0 fully saturated rings. The van der Waals surface area contributed by atoms with E-state index in [1.807, 2.05) is 0 Å². The van der Waals surface area contributed by atoms with Crippen molar-refractivity contribution >= 4 is 27.5 Å². The van der Waals surface area contributed by atoms with Crippen molar-refractivity contribution in [3.63, 3.8) is 0 Å². The zero-order valence-electron chi connectivity index (χ0n) is 19.1. The zero-order valence-corrected chi connectivity index (χ0v) is 19.1. The van der Waals surface area contributed by atoms with Crippen molar-refractivity contribution in [2.75, 3.05) is 6.61 Å². The monoisotopic (exact) mass is 404 g/mol. The van der Waals surface area contributed by atoms with Crippen LogP contribution in [0.5, 0.6) is 0 Å². The Balaban J connectivity index is 1.60. The van der Waals surface area contributed by atoms with E-state index in [-0.39, 0.29) is 11.4 Å². The molecular weight excluding hydrogens is 368 g/mol. The molecule has 30 heavy (non-hydrogen) atoms. The summed E-state index contributed by atoms with van der Waals surface area (Å²) in [6.07, 6.45) is 6.88. The zero-order chi connectivity index (χ0) is 21.6. The predicted molar refractivity (Wildman–Crippen MR) is 128 cm³/mol. The van der Waals surface area contributed by atoms with Gasteiger partial charge in [0.1, 0.15) is 0 Å². The first-order chi connectivity index (χ1) is 14.4. The van der Waals surface area contributed by atoms with Crippen molar-refractivity contribution < 1.29 is 9.53 Å². The second kappa shape index (κ2) is 10.1. The average Bonchev–Trinajstić information content (AvgIpc) is 2.71. The fourth-order valence-electron chi connectivity index (χ4n) is 4.14.